The number of benzene rings is 2. The van der Waals surface area contributed by atoms with Crippen molar-refractivity contribution in [2.45, 2.75) is 26.7 Å². The van der Waals surface area contributed by atoms with Crippen molar-refractivity contribution in [2.24, 2.45) is 5.92 Å². The minimum atomic E-state index is -0.468. The van der Waals surface area contributed by atoms with E-state index in [4.69, 9.17) is 0 Å². The number of carbonyl (C=O) groups is 2. The van der Waals surface area contributed by atoms with E-state index < -0.39 is 4.92 Å². The molecule has 2 aromatic carbocycles. The fourth-order valence-corrected chi connectivity index (χ4v) is 2.54. The summed E-state index contributed by atoms with van der Waals surface area (Å²) < 4.78 is 0. The maximum absolute atomic E-state index is 12.1. The number of para-hydroxylation sites is 2. The van der Waals surface area contributed by atoms with Crippen molar-refractivity contribution in [3.63, 3.8) is 0 Å². The molecule has 0 unspecified atom stereocenters. The molecule has 0 radical (unpaired) electrons. The third kappa shape index (κ3) is 6.71. The fourth-order valence-electron chi connectivity index (χ4n) is 2.54. The first-order valence-electron chi connectivity index (χ1n) is 9.02. The van der Waals surface area contributed by atoms with E-state index in [1.54, 1.807) is 42.5 Å². The van der Waals surface area contributed by atoms with Crippen LogP contribution in [0.2, 0.25) is 0 Å². The lowest BCUT2D eigenvalue weighted by Gasteiger charge is -2.10. The summed E-state index contributed by atoms with van der Waals surface area (Å²) in [5.41, 5.74) is 1.62. The molecular formula is C20H24N4O4. The molecule has 3 N–H and O–H groups in total. The number of nitrogens with one attached hydrogen (secondary N) is 3. The maximum Gasteiger partial charge on any atom is 0.292 e. The van der Waals surface area contributed by atoms with Crippen molar-refractivity contribution in [3.05, 3.63) is 58.6 Å². The highest BCUT2D eigenvalue weighted by molar-refractivity contribution is 5.93. The van der Waals surface area contributed by atoms with Gasteiger partial charge in [-0.1, -0.05) is 26.0 Å². The number of nitro groups is 1. The standard InChI is InChI=1S/C20H24N4O4/c1-14(2)13-20(26)23-16-9-7-15(8-10-16)22-19(25)11-12-21-17-5-3-4-6-18(17)24(27)28/h3-10,14,21H,11-13H2,1-2H3,(H,22,25)(H,23,26). The van der Waals surface area contributed by atoms with Crippen LogP contribution in [0.1, 0.15) is 26.7 Å². The Kier molecular flexibility index (Phi) is 7.50. The molecule has 2 aromatic rings. The smallest absolute Gasteiger partial charge is 0.292 e. The number of nitrogens with zero attached hydrogens (tertiary/aromatic N) is 1. The minimum absolute atomic E-state index is 0.0296. The van der Waals surface area contributed by atoms with Crippen LogP contribution in [0.3, 0.4) is 0 Å². The first-order valence-corrected chi connectivity index (χ1v) is 9.02. The molecule has 0 bridgehead atoms. The van der Waals surface area contributed by atoms with Crippen LogP contribution in [0, 0.1) is 16.0 Å². The van der Waals surface area contributed by atoms with Crippen LogP contribution >= 0.6 is 0 Å². The molecule has 2 rings (SSSR count). The van der Waals surface area contributed by atoms with E-state index >= 15 is 0 Å². The molecule has 0 aliphatic rings. The average molecular weight is 384 g/mol. The highest BCUT2D eigenvalue weighted by Gasteiger charge is 2.12. The molecule has 0 aliphatic carbocycles. The fraction of sp³-hybridized carbons (Fsp3) is 0.300. The van der Waals surface area contributed by atoms with Crippen molar-refractivity contribution in [2.75, 3.05) is 22.5 Å². The first kappa shape index (κ1) is 20.9. The number of anilines is 3. The van der Waals surface area contributed by atoms with Gasteiger partial charge in [-0.25, -0.2) is 0 Å². The molecule has 0 fully saturated rings. The van der Waals surface area contributed by atoms with Crippen LogP contribution in [0.5, 0.6) is 0 Å². The summed E-state index contributed by atoms with van der Waals surface area (Å²) in [4.78, 5) is 34.3. The van der Waals surface area contributed by atoms with Crippen molar-refractivity contribution in [1.29, 1.82) is 0 Å². The van der Waals surface area contributed by atoms with Gasteiger partial charge in [0.2, 0.25) is 11.8 Å². The van der Waals surface area contributed by atoms with Gasteiger partial charge >= 0.3 is 0 Å². The molecule has 0 heterocycles. The monoisotopic (exact) mass is 384 g/mol. The Labute approximate surface area is 163 Å². The van der Waals surface area contributed by atoms with E-state index in [9.17, 15) is 19.7 Å². The zero-order valence-corrected chi connectivity index (χ0v) is 15.9. The van der Waals surface area contributed by atoms with Gasteiger partial charge in [0.1, 0.15) is 5.69 Å². The van der Waals surface area contributed by atoms with E-state index in [1.807, 2.05) is 13.8 Å². The maximum atomic E-state index is 12.1. The molecule has 148 valence electrons. The normalized spacial score (nSPS) is 10.4. The van der Waals surface area contributed by atoms with Crippen LogP contribution in [0.25, 0.3) is 0 Å². The van der Waals surface area contributed by atoms with Gasteiger partial charge in [0, 0.05) is 36.8 Å². The highest BCUT2D eigenvalue weighted by Crippen LogP contribution is 2.23. The second kappa shape index (κ2) is 10.1. The zero-order chi connectivity index (χ0) is 20.5. The number of hydrogen-bond donors (Lipinski definition) is 3. The molecule has 2 amide bonds. The lowest BCUT2D eigenvalue weighted by atomic mass is 10.1. The van der Waals surface area contributed by atoms with Gasteiger partial charge in [-0.2, -0.15) is 0 Å². The van der Waals surface area contributed by atoms with E-state index in [2.05, 4.69) is 16.0 Å². The number of rotatable bonds is 9. The predicted octanol–water partition coefficient (Wildman–Crippen LogP) is 4.02. The van der Waals surface area contributed by atoms with Crippen LogP contribution in [0.15, 0.2) is 48.5 Å². The average Bonchev–Trinajstić information content (AvgIpc) is 2.63. The Balaban J connectivity index is 1.80. The number of hydrogen-bond acceptors (Lipinski definition) is 5. The molecule has 28 heavy (non-hydrogen) atoms. The SMILES string of the molecule is CC(C)CC(=O)Nc1ccc(NC(=O)CCNc2ccccc2[N+](=O)[O-])cc1. The van der Waals surface area contributed by atoms with Gasteiger partial charge in [0.15, 0.2) is 0 Å². The molecule has 0 saturated heterocycles. The van der Waals surface area contributed by atoms with Crippen molar-refractivity contribution in [3.8, 4) is 0 Å². The van der Waals surface area contributed by atoms with Crippen molar-refractivity contribution < 1.29 is 14.5 Å². The molecule has 0 atom stereocenters. The van der Waals surface area contributed by atoms with Gasteiger partial charge in [-0.3, -0.25) is 19.7 Å². The Morgan fingerprint density at radius 2 is 1.54 bits per heavy atom. The molecule has 0 spiro atoms. The number of nitro benzene ring substituents is 1. The summed E-state index contributed by atoms with van der Waals surface area (Å²) in [6.07, 6.45) is 0.601. The van der Waals surface area contributed by atoms with Gasteiger partial charge in [-0.15, -0.1) is 0 Å². The largest absolute Gasteiger partial charge is 0.379 e. The van der Waals surface area contributed by atoms with Gasteiger partial charge in [-0.05, 0) is 36.2 Å². The summed E-state index contributed by atoms with van der Waals surface area (Å²) in [7, 11) is 0. The highest BCUT2D eigenvalue weighted by atomic mass is 16.6. The topological polar surface area (TPSA) is 113 Å². The summed E-state index contributed by atoms with van der Waals surface area (Å²) in [5.74, 6) is 0.0139. The second-order valence-corrected chi connectivity index (χ2v) is 6.72. The van der Waals surface area contributed by atoms with Gasteiger partial charge < -0.3 is 16.0 Å². The summed E-state index contributed by atoms with van der Waals surface area (Å²) in [6, 6.07) is 13.1. The quantitative estimate of drug-likeness (QED) is 0.446. The van der Waals surface area contributed by atoms with Crippen LogP contribution < -0.4 is 16.0 Å². The zero-order valence-electron chi connectivity index (χ0n) is 15.9. The minimum Gasteiger partial charge on any atom is -0.379 e. The summed E-state index contributed by atoms with van der Waals surface area (Å²) in [5, 5.41) is 19.4. The third-order valence-electron chi connectivity index (χ3n) is 3.81. The van der Waals surface area contributed by atoms with Gasteiger partial charge in [0.25, 0.3) is 5.69 Å². The van der Waals surface area contributed by atoms with Crippen LogP contribution in [0.4, 0.5) is 22.7 Å². The Morgan fingerprint density at radius 3 is 2.11 bits per heavy atom. The van der Waals surface area contributed by atoms with E-state index in [0.717, 1.165) is 0 Å². The van der Waals surface area contributed by atoms with Crippen molar-refractivity contribution in [1.82, 2.24) is 0 Å². The molecule has 0 aromatic heterocycles. The lowest BCUT2D eigenvalue weighted by Crippen LogP contribution is -2.17. The first-order chi connectivity index (χ1) is 13.3. The van der Waals surface area contributed by atoms with Crippen molar-refractivity contribution >= 4 is 34.6 Å². The molecule has 8 heteroatoms. The second-order valence-electron chi connectivity index (χ2n) is 6.72. The van der Waals surface area contributed by atoms with E-state index in [0.29, 0.717) is 23.5 Å². The number of carbonyl (C=O) groups excluding carboxylic acids is 2. The summed E-state index contributed by atoms with van der Waals surface area (Å²) in [6.45, 7) is 4.21. The van der Waals surface area contributed by atoms with Crippen LogP contribution in [-0.4, -0.2) is 23.3 Å². The molecule has 0 aliphatic heterocycles. The number of amides is 2. The molecule has 8 nitrogen and oxygen atoms in total. The Hall–Kier alpha value is -3.42. The predicted molar refractivity (Wildman–Crippen MR) is 109 cm³/mol. The van der Waals surface area contributed by atoms with Gasteiger partial charge in [0.05, 0.1) is 4.92 Å². The third-order valence-corrected chi connectivity index (χ3v) is 3.81. The molecular weight excluding hydrogens is 360 g/mol. The summed E-state index contributed by atoms with van der Waals surface area (Å²) >= 11 is 0. The Bertz CT molecular complexity index is 834. The van der Waals surface area contributed by atoms with E-state index in [1.165, 1.54) is 6.07 Å². The Morgan fingerprint density at radius 1 is 0.964 bits per heavy atom. The van der Waals surface area contributed by atoms with E-state index in [-0.39, 0.29) is 36.4 Å². The lowest BCUT2D eigenvalue weighted by molar-refractivity contribution is -0.384. The van der Waals surface area contributed by atoms with Crippen LogP contribution in [-0.2, 0) is 9.59 Å². The molecule has 0 saturated carbocycles.